The van der Waals surface area contributed by atoms with Crippen molar-refractivity contribution in [1.29, 1.82) is 0 Å². The zero-order chi connectivity index (χ0) is 14.2. The van der Waals surface area contributed by atoms with Crippen LogP contribution in [0.1, 0.15) is 12.3 Å². The molecule has 3 heterocycles. The minimum Gasteiger partial charge on any atom is -0.338 e. The summed E-state index contributed by atoms with van der Waals surface area (Å²) in [5, 5.41) is 6.34. The lowest BCUT2D eigenvalue weighted by molar-refractivity contribution is -0.191. The van der Waals surface area contributed by atoms with Crippen molar-refractivity contribution in [2.75, 3.05) is 13.1 Å². The molecule has 5 nitrogen and oxygen atoms in total. The Morgan fingerprint density at radius 1 is 1.35 bits per heavy atom. The first kappa shape index (κ1) is 13.0. The molecule has 20 heavy (non-hydrogen) atoms. The van der Waals surface area contributed by atoms with Gasteiger partial charge in [0.25, 0.3) is 0 Å². The molecule has 2 aromatic rings. The highest BCUT2D eigenvalue weighted by Crippen LogP contribution is 2.44. The quantitative estimate of drug-likeness (QED) is 0.912. The molecule has 0 unspecified atom stereocenters. The molecule has 0 radical (unpaired) electrons. The molecule has 0 spiro atoms. The molecule has 106 valence electrons. The number of hydrogen-bond donors (Lipinski definition) is 1. The van der Waals surface area contributed by atoms with Crippen LogP contribution in [0.15, 0.2) is 29.0 Å². The van der Waals surface area contributed by atoms with E-state index < -0.39 is 17.5 Å². The van der Waals surface area contributed by atoms with Crippen LogP contribution in [0.4, 0.5) is 13.2 Å². The van der Waals surface area contributed by atoms with Crippen molar-refractivity contribution >= 4 is 0 Å². The third-order valence-electron chi connectivity index (χ3n) is 3.45. The van der Waals surface area contributed by atoms with Gasteiger partial charge in [-0.05, 0) is 25.1 Å². The predicted octanol–water partition coefficient (Wildman–Crippen LogP) is 1.92. The number of rotatable bonds is 2. The van der Waals surface area contributed by atoms with Gasteiger partial charge >= 0.3 is 6.18 Å². The van der Waals surface area contributed by atoms with E-state index in [2.05, 4.69) is 20.4 Å². The lowest BCUT2D eigenvalue weighted by Crippen LogP contribution is -2.44. The zero-order valence-corrected chi connectivity index (χ0v) is 10.3. The molecule has 0 bridgehead atoms. The Labute approximate surface area is 112 Å². The van der Waals surface area contributed by atoms with Crippen LogP contribution in [0.25, 0.3) is 11.4 Å². The molecule has 1 saturated heterocycles. The standard InChI is InChI=1S/C12H11F3N4O/c13-12(14,15)11(3-5-17-7-11)10-18-9(19-20-10)8-2-1-4-16-6-8/h1-2,4,6,17H,3,5,7H2/t11-/m0/s1. The Kier molecular flexibility index (Phi) is 2.97. The molecule has 3 rings (SSSR count). The molecule has 0 aliphatic carbocycles. The van der Waals surface area contributed by atoms with Crippen molar-refractivity contribution in [3.05, 3.63) is 30.4 Å². The van der Waals surface area contributed by atoms with Gasteiger partial charge in [0.2, 0.25) is 11.7 Å². The van der Waals surface area contributed by atoms with Crippen molar-refractivity contribution in [2.24, 2.45) is 0 Å². The first-order chi connectivity index (χ1) is 9.53. The second-order valence-corrected chi connectivity index (χ2v) is 4.67. The number of nitrogens with one attached hydrogen (secondary N) is 1. The van der Waals surface area contributed by atoms with E-state index in [0.29, 0.717) is 5.56 Å². The summed E-state index contributed by atoms with van der Waals surface area (Å²) >= 11 is 0. The normalized spacial score (nSPS) is 23.1. The summed E-state index contributed by atoms with van der Waals surface area (Å²) in [6.07, 6.45) is -1.51. The minimum atomic E-state index is -4.44. The van der Waals surface area contributed by atoms with Crippen LogP contribution >= 0.6 is 0 Å². The van der Waals surface area contributed by atoms with Crippen LogP contribution in [-0.2, 0) is 5.41 Å². The third kappa shape index (κ3) is 1.96. The third-order valence-corrected chi connectivity index (χ3v) is 3.45. The van der Waals surface area contributed by atoms with E-state index in [1.165, 1.54) is 6.20 Å². The fourth-order valence-electron chi connectivity index (χ4n) is 2.27. The Bertz CT molecular complexity index is 590. The van der Waals surface area contributed by atoms with Gasteiger partial charge in [-0.2, -0.15) is 18.2 Å². The molecule has 0 saturated carbocycles. The summed E-state index contributed by atoms with van der Waals surface area (Å²) in [6, 6.07) is 3.32. The van der Waals surface area contributed by atoms with Crippen LogP contribution in [0.5, 0.6) is 0 Å². The molecule has 1 aliphatic heterocycles. The molecule has 1 fully saturated rings. The van der Waals surface area contributed by atoms with Gasteiger partial charge in [-0.15, -0.1) is 0 Å². The maximum atomic E-state index is 13.3. The summed E-state index contributed by atoms with van der Waals surface area (Å²) in [5.74, 6) is -0.280. The fourth-order valence-corrected chi connectivity index (χ4v) is 2.27. The highest BCUT2D eigenvalue weighted by atomic mass is 19.4. The van der Waals surface area contributed by atoms with Crippen molar-refractivity contribution in [1.82, 2.24) is 20.4 Å². The molecule has 2 aromatic heterocycles. The SMILES string of the molecule is FC(F)(F)[C@@]1(c2nc(-c3cccnc3)no2)CCNC1. The summed E-state index contributed by atoms with van der Waals surface area (Å²) < 4.78 is 44.9. The molecule has 1 atom stereocenters. The second kappa shape index (κ2) is 4.55. The monoisotopic (exact) mass is 284 g/mol. The second-order valence-electron chi connectivity index (χ2n) is 4.67. The fraction of sp³-hybridized carbons (Fsp3) is 0.417. The summed E-state index contributed by atoms with van der Waals surface area (Å²) in [5.41, 5.74) is -1.58. The molecule has 8 heteroatoms. The van der Waals surface area contributed by atoms with E-state index in [-0.39, 0.29) is 25.3 Å². The van der Waals surface area contributed by atoms with Gasteiger partial charge in [0, 0.05) is 24.5 Å². The van der Waals surface area contributed by atoms with E-state index in [1.807, 2.05) is 0 Å². The Morgan fingerprint density at radius 3 is 2.80 bits per heavy atom. The van der Waals surface area contributed by atoms with Crippen LogP contribution in [-0.4, -0.2) is 34.4 Å². The summed E-state index contributed by atoms with van der Waals surface area (Å²) in [6.45, 7) is 0.0231. The van der Waals surface area contributed by atoms with Crippen molar-refractivity contribution < 1.29 is 17.7 Å². The number of aromatic nitrogens is 3. The predicted molar refractivity (Wildman–Crippen MR) is 62.7 cm³/mol. The Hall–Kier alpha value is -1.96. The van der Waals surface area contributed by atoms with E-state index in [1.54, 1.807) is 18.3 Å². The van der Waals surface area contributed by atoms with Gasteiger partial charge < -0.3 is 9.84 Å². The highest BCUT2D eigenvalue weighted by Gasteiger charge is 2.61. The molecule has 0 aromatic carbocycles. The maximum absolute atomic E-state index is 13.3. The average Bonchev–Trinajstić information content (AvgIpc) is 3.09. The topological polar surface area (TPSA) is 63.8 Å². The molecular weight excluding hydrogens is 273 g/mol. The maximum Gasteiger partial charge on any atom is 0.404 e. The van der Waals surface area contributed by atoms with Gasteiger partial charge in [0.1, 0.15) is 0 Å². The van der Waals surface area contributed by atoms with Crippen LogP contribution < -0.4 is 5.32 Å². The number of halogens is 3. The van der Waals surface area contributed by atoms with Crippen LogP contribution in [0.3, 0.4) is 0 Å². The number of hydrogen-bond acceptors (Lipinski definition) is 5. The average molecular weight is 284 g/mol. The van der Waals surface area contributed by atoms with Gasteiger partial charge in [0.05, 0.1) is 0 Å². The lowest BCUT2D eigenvalue weighted by Gasteiger charge is -2.26. The smallest absolute Gasteiger partial charge is 0.338 e. The summed E-state index contributed by atoms with van der Waals surface area (Å²) in [4.78, 5) is 7.80. The number of nitrogens with zero attached hydrogens (tertiary/aromatic N) is 3. The van der Waals surface area contributed by atoms with Crippen molar-refractivity contribution in [3.8, 4) is 11.4 Å². The molecule has 1 N–H and O–H groups in total. The Balaban J connectivity index is 2.01. The van der Waals surface area contributed by atoms with Gasteiger partial charge in [-0.25, -0.2) is 0 Å². The van der Waals surface area contributed by atoms with Crippen molar-refractivity contribution in [2.45, 2.75) is 18.0 Å². The number of pyridine rings is 1. The Morgan fingerprint density at radius 2 is 2.20 bits per heavy atom. The molecule has 1 aliphatic rings. The zero-order valence-electron chi connectivity index (χ0n) is 10.3. The van der Waals surface area contributed by atoms with E-state index in [4.69, 9.17) is 4.52 Å². The van der Waals surface area contributed by atoms with Crippen molar-refractivity contribution in [3.63, 3.8) is 0 Å². The first-order valence-corrected chi connectivity index (χ1v) is 6.05. The van der Waals surface area contributed by atoms with E-state index in [9.17, 15) is 13.2 Å². The minimum absolute atomic E-state index is 0.106. The molecule has 0 amide bonds. The lowest BCUT2D eigenvalue weighted by atomic mass is 9.86. The van der Waals surface area contributed by atoms with E-state index >= 15 is 0 Å². The van der Waals surface area contributed by atoms with Crippen LogP contribution in [0.2, 0.25) is 0 Å². The molecular formula is C12H11F3N4O. The van der Waals surface area contributed by atoms with Gasteiger partial charge in [-0.1, -0.05) is 5.16 Å². The van der Waals surface area contributed by atoms with Gasteiger partial charge in [0.15, 0.2) is 5.41 Å². The largest absolute Gasteiger partial charge is 0.404 e. The van der Waals surface area contributed by atoms with E-state index in [0.717, 1.165) is 0 Å². The summed E-state index contributed by atoms with van der Waals surface area (Å²) in [7, 11) is 0. The number of alkyl halides is 3. The first-order valence-electron chi connectivity index (χ1n) is 6.05. The van der Waals surface area contributed by atoms with Crippen LogP contribution in [0, 0.1) is 0 Å². The highest BCUT2D eigenvalue weighted by molar-refractivity contribution is 5.52. The van der Waals surface area contributed by atoms with Gasteiger partial charge in [-0.3, -0.25) is 4.98 Å².